The molecule has 0 bridgehead atoms. The topological polar surface area (TPSA) is 46.5 Å². The Kier molecular flexibility index (Phi) is 3.41. The van der Waals surface area contributed by atoms with Crippen LogP contribution in [-0.2, 0) is 4.74 Å². The summed E-state index contributed by atoms with van der Waals surface area (Å²) < 4.78 is 5.90. The molecule has 0 atom stereocenters. The second-order valence-corrected chi connectivity index (χ2v) is 7.02. The summed E-state index contributed by atoms with van der Waals surface area (Å²) in [5, 5.41) is 9.86. The first-order valence-corrected chi connectivity index (χ1v) is 6.83. The second kappa shape index (κ2) is 4.65. The van der Waals surface area contributed by atoms with Crippen LogP contribution in [0.5, 0.6) is 5.75 Å². The third-order valence-corrected chi connectivity index (χ3v) is 3.65. The first-order chi connectivity index (χ1) is 9.16. The molecule has 1 aromatic carbocycles. The van der Waals surface area contributed by atoms with Crippen LogP contribution in [0.3, 0.4) is 0 Å². The first kappa shape index (κ1) is 14.6. The minimum atomic E-state index is -0.0352. The molecule has 0 saturated heterocycles. The van der Waals surface area contributed by atoms with E-state index in [2.05, 4.69) is 34.6 Å². The number of phenolic OH excluding ortho intramolecular Hbond substituents is 1. The van der Waals surface area contributed by atoms with Crippen molar-refractivity contribution in [2.75, 3.05) is 6.61 Å². The molecule has 1 aliphatic heterocycles. The highest BCUT2D eigenvalue weighted by Gasteiger charge is 2.41. The maximum atomic E-state index is 10.8. The Hall–Kier alpha value is -1.77. The van der Waals surface area contributed by atoms with Crippen molar-refractivity contribution in [3.05, 3.63) is 34.9 Å². The van der Waals surface area contributed by atoms with Crippen LogP contribution in [0.1, 0.15) is 50.5 Å². The molecular formula is C17H22O3. The molecule has 0 spiro atoms. The zero-order chi connectivity index (χ0) is 15.1. The SMILES string of the molecule is CC(C)(C)C1=C(c2ccc(C=O)c(O)c2)OCC1(C)C. The third-order valence-electron chi connectivity index (χ3n) is 3.65. The average molecular weight is 274 g/mol. The molecule has 1 aromatic rings. The number of rotatable bonds is 2. The summed E-state index contributed by atoms with van der Waals surface area (Å²) in [5.41, 5.74) is 2.30. The Morgan fingerprint density at radius 1 is 1.30 bits per heavy atom. The highest BCUT2D eigenvalue weighted by atomic mass is 16.5. The monoisotopic (exact) mass is 274 g/mol. The minimum Gasteiger partial charge on any atom is -0.507 e. The van der Waals surface area contributed by atoms with E-state index in [9.17, 15) is 9.90 Å². The Balaban J connectivity index is 2.60. The maximum absolute atomic E-state index is 10.8. The maximum Gasteiger partial charge on any atom is 0.153 e. The third kappa shape index (κ3) is 2.45. The van der Waals surface area contributed by atoms with Crippen LogP contribution in [-0.4, -0.2) is 18.0 Å². The number of carbonyl (C=O) groups is 1. The number of hydrogen-bond donors (Lipinski definition) is 1. The van der Waals surface area contributed by atoms with Crippen molar-refractivity contribution < 1.29 is 14.6 Å². The summed E-state index contributed by atoms with van der Waals surface area (Å²) in [6.45, 7) is 11.5. The average Bonchev–Trinajstić information content (AvgIpc) is 2.64. The molecule has 108 valence electrons. The lowest BCUT2D eigenvalue weighted by atomic mass is 9.71. The summed E-state index contributed by atoms with van der Waals surface area (Å²) in [6, 6.07) is 5.05. The van der Waals surface area contributed by atoms with Gasteiger partial charge in [-0.1, -0.05) is 40.7 Å². The van der Waals surface area contributed by atoms with E-state index >= 15 is 0 Å². The van der Waals surface area contributed by atoms with Crippen LogP contribution < -0.4 is 0 Å². The molecular weight excluding hydrogens is 252 g/mol. The summed E-state index contributed by atoms with van der Waals surface area (Å²) in [6.07, 6.45) is 0.650. The second-order valence-electron chi connectivity index (χ2n) is 7.02. The van der Waals surface area contributed by atoms with E-state index < -0.39 is 0 Å². The quantitative estimate of drug-likeness (QED) is 0.829. The van der Waals surface area contributed by atoms with Crippen molar-refractivity contribution in [3.63, 3.8) is 0 Å². The highest BCUT2D eigenvalue weighted by molar-refractivity contribution is 5.81. The van der Waals surface area contributed by atoms with Crippen LogP contribution in [0.15, 0.2) is 23.8 Å². The van der Waals surface area contributed by atoms with Crippen molar-refractivity contribution in [2.45, 2.75) is 34.6 Å². The summed E-state index contributed by atoms with van der Waals surface area (Å²) >= 11 is 0. The van der Waals surface area contributed by atoms with E-state index in [4.69, 9.17) is 4.74 Å². The van der Waals surface area contributed by atoms with Crippen LogP contribution in [0.4, 0.5) is 0 Å². The van der Waals surface area contributed by atoms with Gasteiger partial charge in [-0.2, -0.15) is 0 Å². The van der Waals surface area contributed by atoms with Gasteiger partial charge in [-0.15, -0.1) is 0 Å². The van der Waals surface area contributed by atoms with Gasteiger partial charge in [0.1, 0.15) is 11.5 Å². The smallest absolute Gasteiger partial charge is 0.153 e. The van der Waals surface area contributed by atoms with Crippen molar-refractivity contribution in [1.29, 1.82) is 0 Å². The number of carbonyl (C=O) groups excluding carboxylic acids is 1. The van der Waals surface area contributed by atoms with Crippen molar-refractivity contribution in [2.24, 2.45) is 10.8 Å². The molecule has 2 rings (SSSR count). The Morgan fingerprint density at radius 3 is 2.45 bits per heavy atom. The lowest BCUT2D eigenvalue weighted by molar-refractivity contribution is 0.112. The minimum absolute atomic E-state index is 0.00781. The van der Waals surface area contributed by atoms with Gasteiger partial charge in [-0.25, -0.2) is 0 Å². The van der Waals surface area contributed by atoms with Crippen LogP contribution in [0, 0.1) is 10.8 Å². The zero-order valence-corrected chi connectivity index (χ0v) is 12.8. The number of aldehydes is 1. The van der Waals surface area contributed by atoms with E-state index in [0.29, 0.717) is 18.5 Å². The van der Waals surface area contributed by atoms with E-state index in [1.165, 1.54) is 5.57 Å². The van der Waals surface area contributed by atoms with Crippen LogP contribution in [0.25, 0.3) is 5.76 Å². The number of aromatic hydroxyl groups is 1. The fraction of sp³-hybridized carbons (Fsp3) is 0.471. The fourth-order valence-corrected chi connectivity index (χ4v) is 3.07. The Bertz CT molecular complexity index is 574. The summed E-state index contributed by atoms with van der Waals surface area (Å²) in [7, 11) is 0. The molecule has 0 amide bonds. The predicted molar refractivity (Wildman–Crippen MR) is 79.6 cm³/mol. The van der Waals surface area contributed by atoms with E-state index in [0.717, 1.165) is 11.3 Å². The van der Waals surface area contributed by atoms with Crippen molar-refractivity contribution in [1.82, 2.24) is 0 Å². The molecule has 1 heterocycles. The predicted octanol–water partition coefficient (Wildman–Crippen LogP) is 4.02. The van der Waals surface area contributed by atoms with E-state index in [-0.39, 0.29) is 16.6 Å². The molecule has 3 nitrogen and oxygen atoms in total. The lowest BCUT2D eigenvalue weighted by Gasteiger charge is -2.30. The van der Waals surface area contributed by atoms with E-state index in [1.807, 2.05) is 6.07 Å². The largest absolute Gasteiger partial charge is 0.507 e. The van der Waals surface area contributed by atoms with E-state index in [1.54, 1.807) is 12.1 Å². The van der Waals surface area contributed by atoms with Crippen LogP contribution in [0.2, 0.25) is 0 Å². The first-order valence-electron chi connectivity index (χ1n) is 6.83. The van der Waals surface area contributed by atoms with Gasteiger partial charge in [0.25, 0.3) is 0 Å². The number of ether oxygens (including phenoxy) is 1. The van der Waals surface area contributed by atoms with Gasteiger partial charge in [-0.3, -0.25) is 4.79 Å². The molecule has 0 radical (unpaired) electrons. The normalized spacial score (nSPS) is 18.1. The molecule has 1 N–H and O–H groups in total. The van der Waals surface area contributed by atoms with Gasteiger partial charge in [-0.05, 0) is 23.1 Å². The molecule has 3 heteroatoms. The Morgan fingerprint density at radius 2 is 1.95 bits per heavy atom. The number of benzene rings is 1. The summed E-state index contributed by atoms with van der Waals surface area (Å²) in [5.74, 6) is 0.821. The molecule has 0 unspecified atom stereocenters. The number of phenols is 1. The van der Waals surface area contributed by atoms with Gasteiger partial charge in [0.2, 0.25) is 0 Å². The molecule has 0 saturated carbocycles. The van der Waals surface area contributed by atoms with Gasteiger partial charge in [0.15, 0.2) is 6.29 Å². The van der Waals surface area contributed by atoms with Crippen molar-refractivity contribution >= 4 is 12.0 Å². The van der Waals surface area contributed by atoms with Crippen molar-refractivity contribution in [3.8, 4) is 5.75 Å². The summed E-state index contributed by atoms with van der Waals surface area (Å²) in [4.78, 5) is 10.8. The zero-order valence-electron chi connectivity index (χ0n) is 12.8. The van der Waals surface area contributed by atoms with Gasteiger partial charge in [0, 0.05) is 11.0 Å². The Labute approximate surface area is 120 Å². The standard InChI is InChI=1S/C17H22O3/c1-16(2,3)15-14(20-10-17(15,4)5)11-6-7-12(9-18)13(19)8-11/h6-9,19H,10H2,1-5H3. The molecule has 20 heavy (non-hydrogen) atoms. The van der Waals surface area contributed by atoms with Gasteiger partial charge < -0.3 is 9.84 Å². The molecule has 0 aliphatic carbocycles. The molecule has 1 aliphatic rings. The van der Waals surface area contributed by atoms with Crippen LogP contribution >= 0.6 is 0 Å². The molecule has 0 fully saturated rings. The highest BCUT2D eigenvalue weighted by Crippen LogP contribution is 2.49. The molecule has 0 aromatic heterocycles. The number of hydrogen-bond acceptors (Lipinski definition) is 3. The van der Waals surface area contributed by atoms with Gasteiger partial charge in [0.05, 0.1) is 12.2 Å². The fourth-order valence-electron chi connectivity index (χ4n) is 3.07. The van der Waals surface area contributed by atoms with Gasteiger partial charge >= 0.3 is 0 Å². The lowest BCUT2D eigenvalue weighted by Crippen LogP contribution is -2.24.